The minimum Gasteiger partial charge on any atom is -0.489 e. The number of morpholine rings is 1. The van der Waals surface area contributed by atoms with E-state index in [1.165, 1.54) is 22.5 Å². The zero-order valence-corrected chi connectivity index (χ0v) is 17.1. The molecule has 1 aliphatic heterocycles. The fourth-order valence-corrected chi connectivity index (χ4v) is 4.38. The average molecular weight is 426 g/mol. The first-order chi connectivity index (χ1) is 13.8. The summed E-state index contributed by atoms with van der Waals surface area (Å²) in [4.78, 5) is 0.128. The van der Waals surface area contributed by atoms with E-state index in [9.17, 15) is 17.2 Å². The van der Waals surface area contributed by atoms with E-state index in [0.29, 0.717) is 43.3 Å². The van der Waals surface area contributed by atoms with Crippen molar-refractivity contribution in [1.82, 2.24) is 4.31 Å². The highest BCUT2D eigenvalue weighted by molar-refractivity contribution is 7.89. The number of halogens is 2. The maximum Gasteiger partial charge on any atom is 0.243 e. The van der Waals surface area contributed by atoms with E-state index in [-0.39, 0.29) is 17.5 Å². The van der Waals surface area contributed by atoms with Crippen molar-refractivity contribution >= 4 is 15.7 Å². The molecule has 3 rings (SSSR count). The number of anilines is 1. The van der Waals surface area contributed by atoms with E-state index in [1.807, 2.05) is 13.8 Å². The number of nitrogens with zero attached hydrogens (tertiary/aromatic N) is 1. The summed E-state index contributed by atoms with van der Waals surface area (Å²) >= 11 is 0. The predicted molar refractivity (Wildman–Crippen MR) is 105 cm³/mol. The Bertz CT molecular complexity index is 961. The van der Waals surface area contributed by atoms with Crippen molar-refractivity contribution in [3.05, 3.63) is 53.6 Å². The largest absolute Gasteiger partial charge is 0.489 e. The molecule has 0 aliphatic carbocycles. The molecule has 1 aliphatic rings. The lowest BCUT2D eigenvalue weighted by molar-refractivity contribution is 0.0730. The van der Waals surface area contributed by atoms with Crippen LogP contribution in [0.25, 0.3) is 0 Å². The molecule has 158 valence electrons. The third kappa shape index (κ3) is 5.23. The molecule has 9 heteroatoms. The molecule has 0 saturated carbocycles. The Kier molecular flexibility index (Phi) is 6.71. The van der Waals surface area contributed by atoms with Gasteiger partial charge in [-0.1, -0.05) is 6.07 Å². The lowest BCUT2D eigenvalue weighted by atomic mass is 10.2. The van der Waals surface area contributed by atoms with Crippen LogP contribution in [0, 0.1) is 11.6 Å². The molecule has 1 N–H and O–H groups in total. The molecule has 2 aromatic carbocycles. The van der Waals surface area contributed by atoms with E-state index in [4.69, 9.17) is 9.47 Å². The van der Waals surface area contributed by atoms with Gasteiger partial charge in [0.05, 0.1) is 29.9 Å². The summed E-state index contributed by atoms with van der Waals surface area (Å²) in [6, 6.07) is 8.22. The Labute approximate surface area is 169 Å². The number of benzene rings is 2. The number of nitrogens with one attached hydrogen (secondary N) is 1. The first-order valence-electron chi connectivity index (χ1n) is 9.34. The minimum absolute atomic E-state index is 0.125. The SMILES string of the molecule is CC(C)Oc1ccc(S(=O)(=O)N2CCOCC2)cc1NCc1ccc(F)c(F)c1. The van der Waals surface area contributed by atoms with Gasteiger partial charge in [0.2, 0.25) is 10.0 Å². The Morgan fingerprint density at radius 2 is 1.83 bits per heavy atom. The normalized spacial score (nSPS) is 15.5. The van der Waals surface area contributed by atoms with E-state index in [2.05, 4.69) is 5.32 Å². The quantitative estimate of drug-likeness (QED) is 0.735. The predicted octanol–water partition coefficient (Wildman–Crippen LogP) is 3.39. The summed E-state index contributed by atoms with van der Waals surface area (Å²) in [7, 11) is -3.68. The Morgan fingerprint density at radius 3 is 2.48 bits per heavy atom. The second-order valence-corrected chi connectivity index (χ2v) is 8.88. The summed E-state index contributed by atoms with van der Waals surface area (Å²) in [5.74, 6) is -1.38. The molecule has 2 aromatic rings. The van der Waals surface area contributed by atoms with Gasteiger partial charge in [-0.25, -0.2) is 17.2 Å². The zero-order chi connectivity index (χ0) is 21.0. The van der Waals surface area contributed by atoms with Crippen molar-refractivity contribution in [3.63, 3.8) is 0 Å². The Hall–Kier alpha value is -2.23. The maximum atomic E-state index is 13.5. The van der Waals surface area contributed by atoms with Crippen molar-refractivity contribution in [2.24, 2.45) is 0 Å². The number of rotatable bonds is 7. The van der Waals surface area contributed by atoms with Crippen LogP contribution in [0.4, 0.5) is 14.5 Å². The average Bonchev–Trinajstić information content (AvgIpc) is 2.70. The van der Waals surface area contributed by atoms with Gasteiger partial charge in [0.1, 0.15) is 5.75 Å². The monoisotopic (exact) mass is 426 g/mol. The summed E-state index contributed by atoms with van der Waals surface area (Å²) in [5.41, 5.74) is 0.971. The fourth-order valence-electron chi connectivity index (χ4n) is 2.95. The molecule has 0 unspecified atom stereocenters. The first-order valence-corrected chi connectivity index (χ1v) is 10.8. The highest BCUT2D eigenvalue weighted by atomic mass is 32.2. The molecule has 1 fully saturated rings. The van der Waals surface area contributed by atoms with Crippen LogP contribution in [0.1, 0.15) is 19.4 Å². The van der Waals surface area contributed by atoms with Crippen molar-refractivity contribution in [2.75, 3.05) is 31.6 Å². The molecule has 0 aromatic heterocycles. The van der Waals surface area contributed by atoms with Crippen LogP contribution in [-0.4, -0.2) is 45.1 Å². The zero-order valence-electron chi connectivity index (χ0n) is 16.3. The first kappa shape index (κ1) is 21.5. The summed E-state index contributed by atoms with van der Waals surface area (Å²) in [6.07, 6.45) is -0.125. The number of sulfonamides is 1. The lowest BCUT2D eigenvalue weighted by Gasteiger charge is -2.26. The van der Waals surface area contributed by atoms with Gasteiger partial charge in [0, 0.05) is 19.6 Å². The van der Waals surface area contributed by atoms with Crippen LogP contribution >= 0.6 is 0 Å². The van der Waals surface area contributed by atoms with E-state index in [0.717, 1.165) is 12.1 Å². The topological polar surface area (TPSA) is 67.9 Å². The Balaban J connectivity index is 1.87. The van der Waals surface area contributed by atoms with Gasteiger partial charge >= 0.3 is 0 Å². The van der Waals surface area contributed by atoms with Crippen molar-refractivity contribution in [3.8, 4) is 5.75 Å². The van der Waals surface area contributed by atoms with E-state index < -0.39 is 21.7 Å². The second-order valence-electron chi connectivity index (χ2n) is 6.94. The highest BCUT2D eigenvalue weighted by Gasteiger charge is 2.27. The highest BCUT2D eigenvalue weighted by Crippen LogP contribution is 2.31. The Morgan fingerprint density at radius 1 is 1.10 bits per heavy atom. The van der Waals surface area contributed by atoms with E-state index >= 15 is 0 Å². The summed E-state index contributed by atoms with van der Waals surface area (Å²) in [5, 5.41) is 3.08. The molecule has 0 radical (unpaired) electrons. The van der Waals surface area contributed by atoms with Crippen LogP contribution in [0.5, 0.6) is 5.75 Å². The van der Waals surface area contributed by atoms with Crippen LogP contribution in [0.3, 0.4) is 0 Å². The van der Waals surface area contributed by atoms with Gasteiger partial charge in [-0.3, -0.25) is 0 Å². The van der Waals surface area contributed by atoms with Crippen molar-refractivity contribution in [1.29, 1.82) is 0 Å². The molecule has 1 saturated heterocycles. The lowest BCUT2D eigenvalue weighted by Crippen LogP contribution is -2.40. The number of hydrogen-bond acceptors (Lipinski definition) is 5. The standard InChI is InChI=1S/C20H24F2N2O4S/c1-14(2)28-20-6-4-16(29(25,26)24-7-9-27-10-8-24)12-19(20)23-13-15-3-5-17(21)18(22)11-15/h3-6,11-12,14,23H,7-10,13H2,1-2H3. The fraction of sp³-hybridized carbons (Fsp3) is 0.400. The molecule has 0 bridgehead atoms. The van der Waals surface area contributed by atoms with Gasteiger partial charge in [0.25, 0.3) is 0 Å². The maximum absolute atomic E-state index is 13.5. The second kappa shape index (κ2) is 9.06. The number of ether oxygens (including phenoxy) is 2. The number of hydrogen-bond donors (Lipinski definition) is 1. The molecule has 0 spiro atoms. The molecular weight excluding hydrogens is 402 g/mol. The van der Waals surface area contributed by atoms with Crippen LogP contribution in [0.2, 0.25) is 0 Å². The minimum atomic E-state index is -3.68. The van der Waals surface area contributed by atoms with E-state index in [1.54, 1.807) is 6.07 Å². The molecule has 6 nitrogen and oxygen atoms in total. The van der Waals surface area contributed by atoms with Crippen LogP contribution in [0.15, 0.2) is 41.3 Å². The van der Waals surface area contributed by atoms with Gasteiger partial charge in [-0.15, -0.1) is 0 Å². The van der Waals surface area contributed by atoms with Crippen molar-refractivity contribution < 1.29 is 26.7 Å². The van der Waals surface area contributed by atoms with Crippen molar-refractivity contribution in [2.45, 2.75) is 31.4 Å². The van der Waals surface area contributed by atoms with Crippen LogP contribution < -0.4 is 10.1 Å². The smallest absolute Gasteiger partial charge is 0.243 e. The van der Waals surface area contributed by atoms with Gasteiger partial charge in [-0.2, -0.15) is 4.31 Å². The van der Waals surface area contributed by atoms with Gasteiger partial charge in [0.15, 0.2) is 11.6 Å². The molecule has 1 heterocycles. The summed E-state index contributed by atoms with van der Waals surface area (Å²) in [6.45, 7) is 5.19. The van der Waals surface area contributed by atoms with Crippen LogP contribution in [-0.2, 0) is 21.3 Å². The summed E-state index contributed by atoms with van der Waals surface area (Å²) < 4.78 is 64.8. The molecular formula is C20H24F2N2O4S. The molecule has 0 amide bonds. The third-order valence-electron chi connectivity index (χ3n) is 4.39. The molecule has 0 atom stereocenters. The third-order valence-corrected chi connectivity index (χ3v) is 6.28. The van der Waals surface area contributed by atoms with Gasteiger partial charge < -0.3 is 14.8 Å². The molecule has 29 heavy (non-hydrogen) atoms. The van der Waals surface area contributed by atoms with Gasteiger partial charge in [-0.05, 0) is 49.7 Å².